The SMILES string of the molecule is COc1cc(N2CCC(N3CCN(CCOCC#Cc4cccc5c4CN(C4CCC(=O)NC4=O)C5=O)CC3)CC2)ccc1Nc1ncc(Cl)c(Nc2ccccc2P(C)(C)=O)n1. The summed E-state index contributed by atoms with van der Waals surface area (Å²) in [6.45, 7) is 11.4. The minimum atomic E-state index is -2.55. The van der Waals surface area contributed by atoms with E-state index >= 15 is 0 Å². The van der Waals surface area contributed by atoms with E-state index in [0.717, 1.165) is 86.5 Å². The number of amides is 3. The van der Waals surface area contributed by atoms with Crippen molar-refractivity contribution in [1.82, 2.24) is 30.0 Å². The Kier molecular flexibility index (Phi) is 13.7. The van der Waals surface area contributed by atoms with Crippen LogP contribution in [-0.2, 0) is 25.4 Å². The molecule has 3 fully saturated rings. The van der Waals surface area contributed by atoms with Gasteiger partial charge in [0.25, 0.3) is 5.91 Å². The molecule has 330 valence electrons. The standard InChI is InChI=1S/C46H53ClN9O6P/c1-61-40-28-33(13-14-37(40)50-46-48-29-36(47)43(52-46)49-38-11-4-5-12-41(38)63(2,3)60)54-19-17-32(18-20-54)55-23-21-53(22-24-55)25-27-62-26-7-9-31-8-6-10-34-35(31)30-56(45(34)59)39-15-16-42(57)51-44(39)58/h4-6,8,10-14,28-29,32,39H,15-27,30H2,1-3H3,(H,51,57,58)(H2,48,49,50,52). The molecule has 0 bridgehead atoms. The molecule has 0 saturated carbocycles. The number of aromatic nitrogens is 2. The highest BCUT2D eigenvalue weighted by molar-refractivity contribution is 7.70. The van der Waals surface area contributed by atoms with Crippen LogP contribution >= 0.6 is 18.7 Å². The van der Waals surface area contributed by atoms with Crippen LogP contribution in [0.1, 0.15) is 47.2 Å². The molecule has 3 amide bonds. The van der Waals surface area contributed by atoms with Gasteiger partial charge in [0.1, 0.15) is 30.6 Å². The number of carbonyl (C=O) groups is 3. The third-order valence-electron chi connectivity index (χ3n) is 12.2. The second kappa shape index (κ2) is 19.5. The van der Waals surface area contributed by atoms with Gasteiger partial charge >= 0.3 is 0 Å². The average molecular weight is 894 g/mol. The normalized spacial score (nSPS) is 18.7. The van der Waals surface area contributed by atoms with Crippen molar-refractivity contribution in [2.24, 2.45) is 0 Å². The summed E-state index contributed by atoms with van der Waals surface area (Å²) in [5.74, 6) is 6.78. The van der Waals surface area contributed by atoms with Crippen LogP contribution in [-0.4, -0.2) is 134 Å². The molecule has 5 heterocycles. The fraction of sp³-hybridized carbons (Fsp3) is 0.413. The number of nitrogens with one attached hydrogen (secondary N) is 3. The lowest BCUT2D eigenvalue weighted by Gasteiger charge is -2.43. The van der Waals surface area contributed by atoms with E-state index < -0.39 is 19.1 Å². The smallest absolute Gasteiger partial charge is 0.255 e. The van der Waals surface area contributed by atoms with Gasteiger partial charge in [0.05, 0.1) is 31.3 Å². The molecule has 17 heteroatoms. The number of ether oxygens (including phenoxy) is 2. The Morgan fingerprint density at radius 1 is 0.937 bits per heavy atom. The van der Waals surface area contributed by atoms with Gasteiger partial charge < -0.3 is 34.5 Å². The summed E-state index contributed by atoms with van der Waals surface area (Å²) in [7, 11) is -0.896. The Morgan fingerprint density at radius 3 is 2.49 bits per heavy atom. The number of hydrogen-bond donors (Lipinski definition) is 3. The van der Waals surface area contributed by atoms with Crippen molar-refractivity contribution in [3.05, 3.63) is 88.6 Å². The van der Waals surface area contributed by atoms with Crippen molar-refractivity contribution in [2.75, 3.05) is 95.0 Å². The number of piperidine rings is 2. The molecule has 0 aliphatic carbocycles. The Bertz CT molecular complexity index is 2470. The molecule has 4 aromatic rings. The van der Waals surface area contributed by atoms with Crippen LogP contribution in [0.25, 0.3) is 0 Å². The summed E-state index contributed by atoms with van der Waals surface area (Å²) in [6, 6.07) is 18.9. The summed E-state index contributed by atoms with van der Waals surface area (Å²) in [4.78, 5) is 55.2. The lowest BCUT2D eigenvalue weighted by atomic mass is 10.0. The molecule has 0 spiro atoms. The van der Waals surface area contributed by atoms with Gasteiger partial charge in [-0.1, -0.05) is 41.6 Å². The number of fused-ring (bicyclic) bond motifs is 1. The summed E-state index contributed by atoms with van der Waals surface area (Å²) in [5, 5.41) is 9.94. The number of hydrogen-bond acceptors (Lipinski definition) is 13. The highest BCUT2D eigenvalue weighted by atomic mass is 35.5. The third kappa shape index (κ3) is 10.3. The topological polar surface area (TPSA) is 162 Å². The van der Waals surface area contributed by atoms with Crippen LogP contribution in [0.3, 0.4) is 0 Å². The molecule has 15 nitrogen and oxygen atoms in total. The van der Waals surface area contributed by atoms with Gasteiger partial charge in [-0.15, -0.1) is 0 Å². The Morgan fingerprint density at radius 2 is 1.73 bits per heavy atom. The van der Waals surface area contributed by atoms with Gasteiger partial charge in [-0.25, -0.2) is 4.98 Å². The first-order valence-corrected chi connectivity index (χ1v) is 24.4. The molecule has 1 atom stereocenters. The van der Waals surface area contributed by atoms with Gasteiger partial charge in [0, 0.05) is 93.0 Å². The average Bonchev–Trinajstić information content (AvgIpc) is 3.62. The molecular weight excluding hydrogens is 841 g/mol. The Labute approximate surface area is 373 Å². The van der Waals surface area contributed by atoms with Crippen LogP contribution in [0.2, 0.25) is 5.02 Å². The zero-order valence-corrected chi connectivity index (χ0v) is 37.5. The molecule has 1 aromatic heterocycles. The number of para-hydroxylation sites is 1. The summed E-state index contributed by atoms with van der Waals surface area (Å²) < 4.78 is 24.6. The van der Waals surface area contributed by atoms with Crippen molar-refractivity contribution in [3.63, 3.8) is 0 Å². The number of carbonyl (C=O) groups excluding carboxylic acids is 3. The van der Waals surface area contributed by atoms with Crippen molar-refractivity contribution in [2.45, 2.75) is 44.3 Å². The lowest BCUT2D eigenvalue weighted by molar-refractivity contribution is -0.136. The van der Waals surface area contributed by atoms with Crippen LogP contribution in [0.5, 0.6) is 5.75 Å². The van der Waals surface area contributed by atoms with Crippen LogP contribution in [0, 0.1) is 11.8 Å². The molecular formula is C46H53ClN9O6P. The van der Waals surface area contributed by atoms with Gasteiger partial charge in [-0.2, -0.15) is 4.98 Å². The fourth-order valence-corrected chi connectivity index (χ4v) is 10.1. The van der Waals surface area contributed by atoms with E-state index in [4.69, 9.17) is 21.1 Å². The molecule has 3 N–H and O–H groups in total. The monoisotopic (exact) mass is 893 g/mol. The molecule has 63 heavy (non-hydrogen) atoms. The van der Waals surface area contributed by atoms with Crippen LogP contribution in [0.15, 0.2) is 66.9 Å². The number of benzene rings is 3. The molecule has 0 radical (unpaired) electrons. The molecule has 3 saturated heterocycles. The van der Waals surface area contributed by atoms with E-state index in [9.17, 15) is 18.9 Å². The minimum absolute atomic E-state index is 0.204. The van der Waals surface area contributed by atoms with E-state index in [2.05, 4.69) is 64.6 Å². The number of piperazine rings is 1. The number of imide groups is 1. The van der Waals surface area contributed by atoms with E-state index in [1.165, 1.54) is 6.20 Å². The first kappa shape index (κ1) is 44.1. The summed E-state index contributed by atoms with van der Waals surface area (Å²) in [5.41, 5.74) is 4.64. The van der Waals surface area contributed by atoms with E-state index in [1.807, 2.05) is 42.5 Å². The highest BCUT2D eigenvalue weighted by Gasteiger charge is 2.39. The Balaban J connectivity index is 0.764. The molecule has 3 aromatic carbocycles. The quantitative estimate of drug-likeness (QED) is 0.0689. The number of halogens is 1. The molecule has 4 aliphatic rings. The van der Waals surface area contributed by atoms with Crippen LogP contribution < -0.4 is 30.9 Å². The maximum Gasteiger partial charge on any atom is 0.255 e. The number of rotatable bonds is 13. The summed E-state index contributed by atoms with van der Waals surface area (Å²) >= 11 is 6.48. The number of nitrogens with zero attached hydrogens (tertiary/aromatic N) is 6. The van der Waals surface area contributed by atoms with Gasteiger partial charge in [0.2, 0.25) is 17.8 Å². The maximum atomic E-state index is 13.1. The second-order valence-corrected chi connectivity index (χ2v) is 20.2. The van der Waals surface area contributed by atoms with E-state index in [-0.39, 0.29) is 24.8 Å². The van der Waals surface area contributed by atoms with Gasteiger partial charge in [-0.3, -0.25) is 29.5 Å². The largest absolute Gasteiger partial charge is 0.494 e. The summed E-state index contributed by atoms with van der Waals surface area (Å²) in [6.07, 6.45) is 4.25. The zero-order valence-electron chi connectivity index (χ0n) is 35.9. The number of methoxy groups -OCH3 is 1. The third-order valence-corrected chi connectivity index (χ3v) is 14.0. The van der Waals surface area contributed by atoms with Crippen molar-refractivity contribution < 1.29 is 28.4 Å². The van der Waals surface area contributed by atoms with Gasteiger partial charge in [0.15, 0.2) is 5.82 Å². The Hall–Kier alpha value is -5.49. The molecule has 1 unspecified atom stereocenters. The van der Waals surface area contributed by atoms with Crippen molar-refractivity contribution in [3.8, 4) is 17.6 Å². The van der Waals surface area contributed by atoms with Crippen molar-refractivity contribution in [1.29, 1.82) is 0 Å². The molecule has 4 aliphatic heterocycles. The van der Waals surface area contributed by atoms with Gasteiger partial charge in [-0.05, 0) is 74.6 Å². The van der Waals surface area contributed by atoms with E-state index in [0.29, 0.717) is 59.4 Å². The minimum Gasteiger partial charge on any atom is -0.494 e. The van der Waals surface area contributed by atoms with Crippen LogP contribution in [0.4, 0.5) is 28.8 Å². The first-order chi connectivity index (χ1) is 30.4. The fourth-order valence-electron chi connectivity index (χ4n) is 8.78. The predicted octanol–water partition coefficient (Wildman–Crippen LogP) is 5.29. The van der Waals surface area contributed by atoms with E-state index in [1.54, 1.807) is 31.4 Å². The maximum absolute atomic E-state index is 13.1. The van der Waals surface area contributed by atoms with Crippen molar-refractivity contribution >= 4 is 70.6 Å². The highest BCUT2D eigenvalue weighted by Crippen LogP contribution is 2.39. The predicted molar refractivity (Wildman–Crippen MR) is 246 cm³/mol. The lowest BCUT2D eigenvalue weighted by Crippen LogP contribution is -2.53. The number of anilines is 5. The first-order valence-electron chi connectivity index (χ1n) is 21.4. The molecule has 8 rings (SSSR count). The second-order valence-electron chi connectivity index (χ2n) is 16.6. The zero-order chi connectivity index (χ0) is 44.1.